The van der Waals surface area contributed by atoms with Gasteiger partial charge in [-0.3, -0.25) is 0 Å². The van der Waals surface area contributed by atoms with Crippen LogP contribution in [-0.2, 0) is 13.2 Å². The van der Waals surface area contributed by atoms with Gasteiger partial charge in [0.1, 0.15) is 0 Å². The number of aliphatic hydroxyl groups excluding tert-OH is 2. The Morgan fingerprint density at radius 2 is 1.00 bits per heavy atom. The molecule has 0 fully saturated rings. The summed E-state index contributed by atoms with van der Waals surface area (Å²) in [6.07, 6.45) is 0. The molecule has 2 nitrogen and oxygen atoms in total. The number of aliphatic hydroxyl groups is 2. The van der Waals surface area contributed by atoms with Crippen molar-refractivity contribution in [2.75, 3.05) is 0 Å². The highest BCUT2D eigenvalue weighted by molar-refractivity contribution is 9.14. The summed E-state index contributed by atoms with van der Waals surface area (Å²) in [6.45, 7) is -0.194. The molecule has 6 heteroatoms. The van der Waals surface area contributed by atoms with E-state index in [9.17, 15) is 0 Å². The van der Waals surface area contributed by atoms with Gasteiger partial charge in [0.05, 0.1) is 13.2 Å². The molecule has 0 radical (unpaired) electrons. The van der Waals surface area contributed by atoms with Gasteiger partial charge in [-0.1, -0.05) is 0 Å². The molecule has 0 amide bonds. The van der Waals surface area contributed by atoms with E-state index in [2.05, 4.69) is 63.7 Å². The molecule has 1 aromatic carbocycles. The number of benzene rings is 1. The molecular weight excluding hydrogens is 448 g/mol. The highest BCUT2D eigenvalue weighted by Gasteiger charge is 2.17. The van der Waals surface area contributed by atoms with Crippen molar-refractivity contribution in [2.24, 2.45) is 0 Å². The Labute approximate surface area is 115 Å². The molecule has 0 bridgehead atoms. The third kappa shape index (κ3) is 2.25. The van der Waals surface area contributed by atoms with Gasteiger partial charge < -0.3 is 10.2 Å². The zero-order chi connectivity index (χ0) is 10.9. The molecule has 1 rings (SSSR count). The van der Waals surface area contributed by atoms with Crippen LogP contribution in [0, 0.1) is 0 Å². The van der Waals surface area contributed by atoms with E-state index >= 15 is 0 Å². The predicted octanol–water partition coefficient (Wildman–Crippen LogP) is 3.72. The molecule has 1 aromatic rings. The van der Waals surface area contributed by atoms with Crippen molar-refractivity contribution < 1.29 is 10.2 Å². The van der Waals surface area contributed by atoms with Gasteiger partial charge in [-0.15, -0.1) is 0 Å². The first-order chi connectivity index (χ1) is 6.54. The summed E-state index contributed by atoms with van der Waals surface area (Å²) in [5.41, 5.74) is 1.42. The molecule has 0 aliphatic heterocycles. The van der Waals surface area contributed by atoms with Crippen molar-refractivity contribution in [2.45, 2.75) is 13.2 Å². The average molecular weight is 454 g/mol. The minimum Gasteiger partial charge on any atom is -0.392 e. The van der Waals surface area contributed by atoms with E-state index < -0.39 is 0 Å². The lowest BCUT2D eigenvalue weighted by atomic mass is 10.1. The molecule has 0 saturated heterocycles. The van der Waals surface area contributed by atoms with E-state index in [1.165, 1.54) is 0 Å². The number of rotatable bonds is 2. The molecular formula is C8H6Br4O2. The van der Waals surface area contributed by atoms with Gasteiger partial charge in [0.15, 0.2) is 0 Å². The molecule has 0 unspecified atom stereocenters. The van der Waals surface area contributed by atoms with Crippen LogP contribution in [0.5, 0.6) is 0 Å². The van der Waals surface area contributed by atoms with E-state index in [1.54, 1.807) is 0 Å². The Hall–Kier alpha value is 1.06. The molecule has 0 aliphatic carbocycles. The lowest BCUT2D eigenvalue weighted by Gasteiger charge is -2.13. The fraction of sp³-hybridized carbons (Fsp3) is 0.250. The van der Waals surface area contributed by atoms with Gasteiger partial charge in [0.25, 0.3) is 0 Å². The smallest absolute Gasteiger partial charge is 0.0704 e. The van der Waals surface area contributed by atoms with Crippen LogP contribution in [0.25, 0.3) is 0 Å². The fourth-order valence-corrected chi connectivity index (χ4v) is 3.98. The molecule has 0 aliphatic rings. The minimum atomic E-state index is -0.0972. The minimum absolute atomic E-state index is 0.0972. The van der Waals surface area contributed by atoms with Crippen LogP contribution >= 0.6 is 63.7 Å². The summed E-state index contributed by atoms with van der Waals surface area (Å²) in [5, 5.41) is 18.3. The second-order valence-electron chi connectivity index (χ2n) is 2.53. The van der Waals surface area contributed by atoms with E-state index in [1.807, 2.05) is 0 Å². The summed E-state index contributed by atoms with van der Waals surface area (Å²) in [5.74, 6) is 0. The van der Waals surface area contributed by atoms with Crippen molar-refractivity contribution in [1.82, 2.24) is 0 Å². The Morgan fingerprint density at radius 1 is 0.643 bits per heavy atom. The summed E-state index contributed by atoms with van der Waals surface area (Å²) in [4.78, 5) is 0. The predicted molar refractivity (Wildman–Crippen MR) is 69.1 cm³/mol. The second-order valence-corrected chi connectivity index (χ2v) is 5.70. The maximum Gasteiger partial charge on any atom is 0.0704 e. The first kappa shape index (κ1) is 13.1. The Morgan fingerprint density at radius 3 is 1.29 bits per heavy atom. The van der Waals surface area contributed by atoms with Crippen LogP contribution < -0.4 is 0 Å². The SMILES string of the molecule is OCc1c(Br)c(Br)c(Br)c(CO)c1Br. The van der Waals surface area contributed by atoms with Gasteiger partial charge in [0, 0.05) is 29.0 Å². The number of halogens is 4. The third-order valence-corrected chi connectivity index (χ3v) is 6.33. The van der Waals surface area contributed by atoms with Crippen molar-refractivity contribution >= 4 is 63.7 Å². The second kappa shape index (κ2) is 5.41. The van der Waals surface area contributed by atoms with Crippen LogP contribution in [0.1, 0.15) is 11.1 Å². The topological polar surface area (TPSA) is 40.5 Å². The van der Waals surface area contributed by atoms with Crippen molar-refractivity contribution in [3.63, 3.8) is 0 Å². The molecule has 0 aromatic heterocycles. The highest BCUT2D eigenvalue weighted by atomic mass is 79.9. The van der Waals surface area contributed by atoms with Gasteiger partial charge in [0.2, 0.25) is 0 Å². The normalized spacial score (nSPS) is 10.7. The monoisotopic (exact) mass is 450 g/mol. The molecule has 0 atom stereocenters. The first-order valence-electron chi connectivity index (χ1n) is 3.60. The molecule has 14 heavy (non-hydrogen) atoms. The fourth-order valence-electron chi connectivity index (χ4n) is 1.01. The number of hydrogen-bond acceptors (Lipinski definition) is 2. The van der Waals surface area contributed by atoms with Gasteiger partial charge in [-0.25, -0.2) is 0 Å². The zero-order valence-electron chi connectivity index (χ0n) is 6.82. The van der Waals surface area contributed by atoms with Crippen LogP contribution in [0.4, 0.5) is 0 Å². The summed E-state index contributed by atoms with van der Waals surface area (Å²) >= 11 is 13.4. The number of hydrogen-bond donors (Lipinski definition) is 2. The average Bonchev–Trinajstić information content (AvgIpc) is 2.16. The van der Waals surface area contributed by atoms with E-state index in [4.69, 9.17) is 10.2 Å². The summed E-state index contributed by atoms with van der Waals surface area (Å²) in [6, 6.07) is 0. The standard InChI is InChI=1S/C8H6Br4O2/c9-5-3(1-13)6(10)8(12)7(11)4(5)2-14/h13-14H,1-2H2. The van der Waals surface area contributed by atoms with E-state index in [0.717, 1.165) is 13.4 Å². The lowest BCUT2D eigenvalue weighted by molar-refractivity contribution is 0.272. The van der Waals surface area contributed by atoms with Crippen molar-refractivity contribution in [3.8, 4) is 0 Å². The summed E-state index contributed by atoms with van der Waals surface area (Å²) < 4.78 is 3.05. The molecule has 0 spiro atoms. The third-order valence-electron chi connectivity index (χ3n) is 1.76. The Kier molecular flexibility index (Phi) is 5.07. The van der Waals surface area contributed by atoms with Gasteiger partial charge >= 0.3 is 0 Å². The Bertz CT molecular complexity index is 334. The van der Waals surface area contributed by atoms with E-state index in [0.29, 0.717) is 15.6 Å². The van der Waals surface area contributed by atoms with Crippen LogP contribution in [-0.4, -0.2) is 10.2 Å². The van der Waals surface area contributed by atoms with Crippen LogP contribution in [0.2, 0.25) is 0 Å². The maximum absolute atomic E-state index is 9.16. The van der Waals surface area contributed by atoms with Crippen molar-refractivity contribution in [3.05, 3.63) is 29.0 Å². The lowest BCUT2D eigenvalue weighted by Crippen LogP contribution is -1.97. The molecule has 2 N–H and O–H groups in total. The molecule has 0 saturated carbocycles. The van der Waals surface area contributed by atoms with Gasteiger partial charge in [-0.05, 0) is 63.7 Å². The summed E-state index contributed by atoms with van der Waals surface area (Å²) in [7, 11) is 0. The van der Waals surface area contributed by atoms with Crippen LogP contribution in [0.15, 0.2) is 17.9 Å². The highest BCUT2D eigenvalue weighted by Crippen LogP contribution is 2.41. The quantitative estimate of drug-likeness (QED) is 0.529. The maximum atomic E-state index is 9.16. The Balaban J connectivity index is 3.56. The molecule has 78 valence electrons. The molecule has 0 heterocycles. The first-order valence-corrected chi connectivity index (χ1v) is 6.77. The largest absolute Gasteiger partial charge is 0.392 e. The zero-order valence-corrected chi connectivity index (χ0v) is 13.2. The van der Waals surface area contributed by atoms with Crippen molar-refractivity contribution in [1.29, 1.82) is 0 Å². The van der Waals surface area contributed by atoms with E-state index in [-0.39, 0.29) is 13.2 Å². The van der Waals surface area contributed by atoms with Crippen LogP contribution in [0.3, 0.4) is 0 Å². The van der Waals surface area contributed by atoms with Gasteiger partial charge in [-0.2, -0.15) is 0 Å².